The minimum atomic E-state index is -0.201. The molecule has 0 saturated carbocycles. The van der Waals surface area contributed by atoms with E-state index in [2.05, 4.69) is 10.3 Å². The van der Waals surface area contributed by atoms with Crippen molar-refractivity contribution in [2.75, 3.05) is 26.1 Å². The summed E-state index contributed by atoms with van der Waals surface area (Å²) in [6.07, 6.45) is 3.56. The summed E-state index contributed by atoms with van der Waals surface area (Å²) in [5.41, 5.74) is 3.36. The third-order valence-corrected chi connectivity index (χ3v) is 4.12. The molecule has 140 valence electrons. The molecule has 3 aromatic rings. The molecule has 7 nitrogen and oxygen atoms in total. The van der Waals surface area contributed by atoms with Crippen molar-refractivity contribution in [2.45, 2.75) is 6.92 Å². The molecule has 7 heteroatoms. The van der Waals surface area contributed by atoms with E-state index in [1.54, 1.807) is 24.4 Å². The molecule has 2 aromatic carbocycles. The van der Waals surface area contributed by atoms with Gasteiger partial charge in [0, 0.05) is 36.4 Å². The van der Waals surface area contributed by atoms with E-state index in [0.717, 1.165) is 22.5 Å². The molecule has 0 aliphatic heterocycles. The van der Waals surface area contributed by atoms with Gasteiger partial charge in [-0.1, -0.05) is 0 Å². The number of aromatic nitrogens is 2. The Kier molecular flexibility index (Phi) is 5.42. The van der Waals surface area contributed by atoms with E-state index in [1.165, 1.54) is 14.2 Å². The molecule has 27 heavy (non-hydrogen) atoms. The summed E-state index contributed by atoms with van der Waals surface area (Å²) < 4.78 is 12.0. The van der Waals surface area contributed by atoms with E-state index < -0.39 is 0 Å². The minimum Gasteiger partial charge on any atom is -0.504 e. The molecule has 0 atom stereocenters. The lowest BCUT2D eigenvalue weighted by Crippen LogP contribution is -2.17. The Labute approximate surface area is 157 Å². The van der Waals surface area contributed by atoms with E-state index in [-0.39, 0.29) is 18.3 Å². The van der Waals surface area contributed by atoms with Crippen molar-refractivity contribution in [3.8, 4) is 28.6 Å². The van der Waals surface area contributed by atoms with Crippen molar-refractivity contribution in [1.82, 2.24) is 9.55 Å². The van der Waals surface area contributed by atoms with Gasteiger partial charge in [0.25, 0.3) is 0 Å². The van der Waals surface area contributed by atoms with Gasteiger partial charge in [0.05, 0.1) is 7.11 Å². The maximum absolute atomic E-state index is 11.7. The first-order chi connectivity index (χ1) is 13.0. The Morgan fingerprint density at radius 2 is 2.04 bits per heavy atom. The lowest BCUT2D eigenvalue weighted by Gasteiger charge is -2.13. The molecule has 0 aliphatic rings. The van der Waals surface area contributed by atoms with E-state index >= 15 is 0 Å². The van der Waals surface area contributed by atoms with Crippen LogP contribution in [0.4, 0.5) is 5.69 Å². The highest BCUT2D eigenvalue weighted by atomic mass is 16.5. The first-order valence-electron chi connectivity index (χ1n) is 8.34. The van der Waals surface area contributed by atoms with E-state index in [1.807, 2.05) is 35.9 Å². The summed E-state index contributed by atoms with van der Waals surface area (Å²) in [5.74, 6) is 0.970. The van der Waals surface area contributed by atoms with Crippen LogP contribution in [0.3, 0.4) is 0 Å². The molecule has 1 aromatic heterocycles. The second-order valence-electron chi connectivity index (χ2n) is 5.99. The molecule has 2 N–H and O–H groups in total. The van der Waals surface area contributed by atoms with Crippen LogP contribution in [0, 0.1) is 6.92 Å². The molecule has 0 fully saturated rings. The second kappa shape index (κ2) is 7.92. The van der Waals surface area contributed by atoms with Crippen LogP contribution in [0.1, 0.15) is 5.56 Å². The number of aryl methyl sites for hydroxylation is 1. The number of phenols is 1. The lowest BCUT2D eigenvalue weighted by molar-refractivity contribution is -0.119. The number of hydrogen-bond acceptors (Lipinski definition) is 5. The molecular formula is C20H21N3O4. The number of benzene rings is 2. The number of aromatic hydroxyl groups is 1. The molecule has 1 amide bonds. The minimum absolute atomic E-state index is 0.00947. The van der Waals surface area contributed by atoms with Gasteiger partial charge < -0.3 is 19.9 Å². The summed E-state index contributed by atoms with van der Waals surface area (Å²) in [7, 11) is 2.99. The van der Waals surface area contributed by atoms with Crippen LogP contribution in [0.5, 0.6) is 11.5 Å². The first kappa shape index (κ1) is 18.5. The number of imidazole rings is 1. The highest BCUT2D eigenvalue weighted by molar-refractivity contribution is 5.92. The number of phenolic OH excluding ortho intramolecular Hbond substituents is 1. The monoisotopic (exact) mass is 367 g/mol. The molecule has 0 aliphatic carbocycles. The normalized spacial score (nSPS) is 10.6. The van der Waals surface area contributed by atoms with Gasteiger partial charge in [-0.15, -0.1) is 0 Å². The molecule has 0 bridgehead atoms. The summed E-state index contributed by atoms with van der Waals surface area (Å²) in [4.78, 5) is 16.2. The summed E-state index contributed by atoms with van der Waals surface area (Å²) in [6.45, 7) is 1.93. The summed E-state index contributed by atoms with van der Waals surface area (Å²) in [5, 5.41) is 12.6. The Morgan fingerprint density at radius 3 is 2.74 bits per heavy atom. The molecule has 0 radical (unpaired) electrons. The zero-order chi connectivity index (χ0) is 19.4. The topological polar surface area (TPSA) is 85.6 Å². The van der Waals surface area contributed by atoms with Crippen LogP contribution in [-0.2, 0) is 9.53 Å². The van der Waals surface area contributed by atoms with Crippen LogP contribution in [0.15, 0.2) is 48.8 Å². The maximum atomic E-state index is 11.7. The largest absolute Gasteiger partial charge is 0.504 e. The Bertz CT molecular complexity index is 966. The summed E-state index contributed by atoms with van der Waals surface area (Å²) >= 11 is 0. The van der Waals surface area contributed by atoms with Crippen molar-refractivity contribution in [1.29, 1.82) is 0 Å². The van der Waals surface area contributed by atoms with Crippen molar-refractivity contribution >= 4 is 11.6 Å². The first-order valence-corrected chi connectivity index (χ1v) is 8.34. The number of rotatable bonds is 6. The number of carbonyl (C=O) groups excluding carboxylic acids is 1. The number of ether oxygens (including phenoxy) is 2. The van der Waals surface area contributed by atoms with Crippen molar-refractivity contribution in [2.24, 2.45) is 0 Å². The second-order valence-corrected chi connectivity index (χ2v) is 5.99. The standard InChI is InChI=1S/C20H21N3O4/c1-13-10-15(5-6-16(13)22-19(25)12-26-2)23-9-8-21-20(23)14-4-7-17(24)18(11-14)27-3/h4-11,24H,12H2,1-3H3,(H,22,25). The van der Waals surface area contributed by atoms with Gasteiger partial charge in [0.2, 0.25) is 5.91 Å². The number of nitrogens with one attached hydrogen (secondary N) is 1. The Hall–Kier alpha value is -3.32. The van der Waals surface area contributed by atoms with Gasteiger partial charge in [-0.3, -0.25) is 9.36 Å². The van der Waals surface area contributed by atoms with E-state index in [0.29, 0.717) is 11.6 Å². The van der Waals surface area contributed by atoms with Crippen LogP contribution in [0.25, 0.3) is 17.1 Å². The third kappa shape index (κ3) is 3.93. The number of nitrogens with zero attached hydrogens (tertiary/aromatic N) is 2. The van der Waals surface area contributed by atoms with Crippen LogP contribution in [0.2, 0.25) is 0 Å². The zero-order valence-corrected chi connectivity index (χ0v) is 15.4. The molecule has 0 saturated heterocycles. The highest BCUT2D eigenvalue weighted by Crippen LogP contribution is 2.32. The number of carbonyl (C=O) groups is 1. The van der Waals surface area contributed by atoms with E-state index in [4.69, 9.17) is 9.47 Å². The van der Waals surface area contributed by atoms with Crippen molar-refractivity contribution < 1.29 is 19.4 Å². The maximum Gasteiger partial charge on any atom is 0.250 e. The predicted octanol–water partition coefficient (Wildman–Crippen LogP) is 3.15. The van der Waals surface area contributed by atoms with Crippen LogP contribution in [-0.4, -0.2) is 41.4 Å². The molecule has 0 spiro atoms. The SMILES string of the molecule is COCC(=O)Nc1ccc(-n2ccnc2-c2ccc(O)c(OC)c2)cc1C. The predicted molar refractivity (Wildman–Crippen MR) is 102 cm³/mol. The average Bonchev–Trinajstić information content (AvgIpc) is 3.14. The number of hydrogen-bond donors (Lipinski definition) is 2. The fraction of sp³-hybridized carbons (Fsp3) is 0.200. The smallest absolute Gasteiger partial charge is 0.250 e. The zero-order valence-electron chi connectivity index (χ0n) is 15.4. The molecule has 3 rings (SSSR count). The Balaban J connectivity index is 1.94. The van der Waals surface area contributed by atoms with Crippen LogP contribution < -0.4 is 10.1 Å². The van der Waals surface area contributed by atoms with Gasteiger partial charge in [-0.2, -0.15) is 0 Å². The highest BCUT2D eigenvalue weighted by Gasteiger charge is 2.12. The molecule has 0 unspecified atom stereocenters. The van der Waals surface area contributed by atoms with Crippen molar-refractivity contribution in [3.05, 3.63) is 54.4 Å². The quantitative estimate of drug-likeness (QED) is 0.699. The number of amides is 1. The van der Waals surface area contributed by atoms with Gasteiger partial charge in [-0.25, -0.2) is 4.98 Å². The van der Waals surface area contributed by atoms with Gasteiger partial charge >= 0.3 is 0 Å². The number of methoxy groups -OCH3 is 2. The fourth-order valence-electron chi connectivity index (χ4n) is 2.80. The average molecular weight is 367 g/mol. The molecular weight excluding hydrogens is 346 g/mol. The van der Waals surface area contributed by atoms with Gasteiger partial charge in [-0.05, 0) is 48.9 Å². The third-order valence-electron chi connectivity index (χ3n) is 4.12. The number of anilines is 1. The van der Waals surface area contributed by atoms with Gasteiger partial charge in [0.1, 0.15) is 12.4 Å². The van der Waals surface area contributed by atoms with Crippen LogP contribution >= 0.6 is 0 Å². The van der Waals surface area contributed by atoms with Gasteiger partial charge in [0.15, 0.2) is 11.5 Å². The van der Waals surface area contributed by atoms with Crippen molar-refractivity contribution in [3.63, 3.8) is 0 Å². The molecule has 1 heterocycles. The van der Waals surface area contributed by atoms with E-state index in [9.17, 15) is 9.90 Å². The fourth-order valence-corrected chi connectivity index (χ4v) is 2.80. The summed E-state index contributed by atoms with van der Waals surface area (Å²) in [6, 6.07) is 10.8. The lowest BCUT2D eigenvalue weighted by atomic mass is 10.1. The Morgan fingerprint density at radius 1 is 1.22 bits per heavy atom.